The van der Waals surface area contributed by atoms with Crippen LogP contribution in [-0.4, -0.2) is 14.5 Å². The number of aromatic nitrogens is 3. The van der Waals surface area contributed by atoms with Crippen LogP contribution in [-0.2, 0) is 0 Å². The fourth-order valence-corrected chi connectivity index (χ4v) is 6.34. The highest BCUT2D eigenvalue weighted by Gasteiger charge is 2.18. The van der Waals surface area contributed by atoms with Crippen molar-refractivity contribution in [3.63, 3.8) is 0 Å². The Morgan fingerprint density at radius 2 is 1.26 bits per heavy atom. The molecule has 0 saturated heterocycles. The molecule has 0 aliphatic heterocycles. The maximum Gasteiger partial charge on any atom is 0.236 e. The number of nitrogens with zero attached hydrogens (tertiary/aromatic N) is 4. The van der Waals surface area contributed by atoms with E-state index in [1.54, 1.807) is 0 Å². The Labute approximate surface area is 239 Å². The molecule has 194 valence electrons. The van der Waals surface area contributed by atoms with Crippen LogP contribution >= 0.6 is 0 Å². The van der Waals surface area contributed by atoms with E-state index in [-0.39, 0.29) is 0 Å². The first-order valence-corrected chi connectivity index (χ1v) is 13.8. The molecule has 9 rings (SSSR count). The highest BCUT2D eigenvalue weighted by molar-refractivity contribution is 6.19. The third kappa shape index (κ3) is 3.18. The number of nitriles is 1. The summed E-state index contributed by atoms with van der Waals surface area (Å²) in [5.74, 6) is 0.488. The summed E-state index contributed by atoms with van der Waals surface area (Å²) in [4.78, 5) is 9.58. The van der Waals surface area contributed by atoms with E-state index >= 15 is 0 Å². The third-order valence-electron chi connectivity index (χ3n) is 8.26. The van der Waals surface area contributed by atoms with Crippen LogP contribution in [0.2, 0.25) is 0 Å². The quantitative estimate of drug-likeness (QED) is 0.221. The van der Waals surface area contributed by atoms with Gasteiger partial charge in [-0.25, -0.2) is 9.97 Å². The van der Waals surface area contributed by atoms with Gasteiger partial charge in [-0.2, -0.15) is 5.26 Å². The van der Waals surface area contributed by atoms with Gasteiger partial charge < -0.3 is 4.42 Å². The Bertz CT molecular complexity index is 2600. The molecule has 3 aromatic heterocycles. The van der Waals surface area contributed by atoms with Gasteiger partial charge in [-0.1, -0.05) is 72.8 Å². The van der Waals surface area contributed by atoms with Crippen molar-refractivity contribution in [3.8, 4) is 23.1 Å². The summed E-state index contributed by atoms with van der Waals surface area (Å²) >= 11 is 0. The molecule has 0 aliphatic rings. The zero-order valence-corrected chi connectivity index (χ0v) is 22.2. The van der Waals surface area contributed by atoms with Crippen LogP contribution in [0.3, 0.4) is 0 Å². The van der Waals surface area contributed by atoms with Gasteiger partial charge in [-0.3, -0.25) is 4.57 Å². The molecule has 0 radical (unpaired) electrons. The fraction of sp³-hybridized carbons (Fsp3) is 0. The molecule has 0 aliphatic carbocycles. The Balaban J connectivity index is 1.28. The van der Waals surface area contributed by atoms with Crippen LogP contribution in [0.25, 0.3) is 82.5 Å². The fourth-order valence-electron chi connectivity index (χ4n) is 6.34. The van der Waals surface area contributed by atoms with Gasteiger partial charge >= 0.3 is 0 Å². The standard InChI is InChI=1S/C37H20N4O/c38-21-31-27-10-3-5-11-30(27)39-37(40-31)41-32-12-6-4-9-26(32)28-19-23(13-16-33(28)41)24-15-17-34-29(20-24)36-25-8-2-1-7-22(25)14-18-35(36)42-34/h1-20H. The van der Waals surface area contributed by atoms with Crippen LogP contribution in [0.15, 0.2) is 126 Å². The van der Waals surface area contributed by atoms with Crippen LogP contribution < -0.4 is 0 Å². The second-order valence-corrected chi connectivity index (χ2v) is 10.6. The van der Waals surface area contributed by atoms with E-state index in [0.717, 1.165) is 65.8 Å². The van der Waals surface area contributed by atoms with Crippen LogP contribution in [0.4, 0.5) is 0 Å². The lowest BCUT2D eigenvalue weighted by Gasteiger charge is -2.09. The molecule has 5 nitrogen and oxygen atoms in total. The molecule has 42 heavy (non-hydrogen) atoms. The zero-order valence-electron chi connectivity index (χ0n) is 22.2. The predicted octanol–water partition coefficient (Wildman–Crippen LogP) is 9.32. The van der Waals surface area contributed by atoms with Gasteiger partial charge in [0.05, 0.1) is 16.6 Å². The second-order valence-electron chi connectivity index (χ2n) is 10.6. The van der Waals surface area contributed by atoms with Crippen molar-refractivity contribution in [2.45, 2.75) is 0 Å². The lowest BCUT2D eigenvalue weighted by molar-refractivity contribution is 0.669. The Morgan fingerprint density at radius 1 is 0.571 bits per heavy atom. The summed E-state index contributed by atoms with van der Waals surface area (Å²) in [5, 5.41) is 17.5. The maximum absolute atomic E-state index is 9.87. The molecule has 0 atom stereocenters. The SMILES string of the molecule is N#Cc1nc(-n2c3ccccc3c3cc(-c4ccc5oc6ccc7ccccc7c6c5c4)ccc32)nc2ccccc12. The molecule has 6 aromatic carbocycles. The number of para-hydroxylation sites is 2. The predicted molar refractivity (Wildman–Crippen MR) is 169 cm³/mol. The summed E-state index contributed by atoms with van der Waals surface area (Å²) in [5.41, 5.74) is 7.09. The molecule has 3 heterocycles. The van der Waals surface area contributed by atoms with Gasteiger partial charge in [-0.05, 0) is 70.4 Å². The number of hydrogen-bond acceptors (Lipinski definition) is 4. The van der Waals surface area contributed by atoms with E-state index in [9.17, 15) is 5.26 Å². The van der Waals surface area contributed by atoms with E-state index in [4.69, 9.17) is 14.4 Å². The van der Waals surface area contributed by atoms with Crippen molar-refractivity contribution in [1.82, 2.24) is 14.5 Å². The molecule has 0 spiro atoms. The highest BCUT2D eigenvalue weighted by atomic mass is 16.3. The Hall–Kier alpha value is -5.99. The van der Waals surface area contributed by atoms with Gasteiger partial charge in [0.25, 0.3) is 0 Å². The van der Waals surface area contributed by atoms with Crippen molar-refractivity contribution in [1.29, 1.82) is 5.26 Å². The lowest BCUT2D eigenvalue weighted by atomic mass is 9.99. The van der Waals surface area contributed by atoms with Gasteiger partial charge in [0.15, 0.2) is 5.69 Å². The average molecular weight is 537 g/mol. The van der Waals surface area contributed by atoms with Gasteiger partial charge in [0.2, 0.25) is 5.95 Å². The molecule has 9 aromatic rings. The van der Waals surface area contributed by atoms with Crippen LogP contribution in [0.5, 0.6) is 0 Å². The molecule has 0 saturated carbocycles. The molecule has 5 heteroatoms. The number of benzene rings is 6. The summed E-state index contributed by atoms with van der Waals surface area (Å²) in [6.07, 6.45) is 0. The second kappa shape index (κ2) is 8.50. The minimum atomic E-state index is 0.367. The van der Waals surface area contributed by atoms with E-state index < -0.39 is 0 Å². The Kier molecular flexibility index (Phi) is 4.61. The molecule has 0 N–H and O–H groups in total. The topological polar surface area (TPSA) is 67.6 Å². The smallest absolute Gasteiger partial charge is 0.236 e. The summed E-state index contributed by atoms with van der Waals surface area (Å²) < 4.78 is 8.30. The van der Waals surface area contributed by atoms with E-state index in [2.05, 4.69) is 102 Å². The summed E-state index contributed by atoms with van der Waals surface area (Å²) in [6.45, 7) is 0. The van der Waals surface area contributed by atoms with E-state index in [1.807, 2.05) is 30.3 Å². The molecular weight excluding hydrogens is 516 g/mol. The zero-order chi connectivity index (χ0) is 27.8. The van der Waals surface area contributed by atoms with Gasteiger partial charge in [-0.15, -0.1) is 0 Å². The molecule has 0 bridgehead atoms. The summed E-state index contributed by atoms with van der Waals surface area (Å²) in [6, 6.07) is 43.7. The summed E-state index contributed by atoms with van der Waals surface area (Å²) in [7, 11) is 0. The Morgan fingerprint density at radius 3 is 2.14 bits per heavy atom. The molecule has 0 unspecified atom stereocenters. The lowest BCUT2D eigenvalue weighted by Crippen LogP contribution is -2.03. The first kappa shape index (κ1) is 22.8. The molecule has 0 fully saturated rings. The van der Waals surface area contributed by atoms with E-state index in [1.165, 1.54) is 10.8 Å². The number of rotatable bonds is 2. The average Bonchev–Trinajstić information content (AvgIpc) is 3.59. The van der Waals surface area contributed by atoms with Gasteiger partial charge in [0.1, 0.15) is 17.2 Å². The molecule has 0 amide bonds. The number of hydrogen-bond donors (Lipinski definition) is 0. The van der Waals surface area contributed by atoms with Crippen molar-refractivity contribution < 1.29 is 4.42 Å². The minimum Gasteiger partial charge on any atom is -0.456 e. The van der Waals surface area contributed by atoms with Crippen LogP contribution in [0.1, 0.15) is 5.69 Å². The number of fused-ring (bicyclic) bond motifs is 9. The van der Waals surface area contributed by atoms with Crippen LogP contribution in [0, 0.1) is 11.3 Å². The monoisotopic (exact) mass is 536 g/mol. The van der Waals surface area contributed by atoms with Crippen molar-refractivity contribution in [2.75, 3.05) is 0 Å². The van der Waals surface area contributed by atoms with E-state index in [0.29, 0.717) is 11.6 Å². The van der Waals surface area contributed by atoms with Crippen molar-refractivity contribution >= 4 is 65.4 Å². The third-order valence-corrected chi connectivity index (χ3v) is 8.26. The highest BCUT2D eigenvalue weighted by Crippen LogP contribution is 2.39. The minimum absolute atomic E-state index is 0.367. The molecular formula is C37H20N4O. The largest absolute Gasteiger partial charge is 0.456 e. The van der Waals surface area contributed by atoms with Crippen molar-refractivity contribution in [2.24, 2.45) is 0 Å². The van der Waals surface area contributed by atoms with Gasteiger partial charge in [0, 0.05) is 26.9 Å². The first-order chi connectivity index (χ1) is 20.8. The normalized spacial score (nSPS) is 11.8. The van der Waals surface area contributed by atoms with Crippen molar-refractivity contribution in [3.05, 3.63) is 127 Å². The maximum atomic E-state index is 9.87. The first-order valence-electron chi connectivity index (χ1n) is 13.8. The number of furan rings is 1.